The quantitative estimate of drug-likeness (QED) is 0.320. The van der Waals surface area contributed by atoms with E-state index < -0.39 is 24.1 Å². The zero-order valence-electron chi connectivity index (χ0n) is 11.5. The van der Waals surface area contributed by atoms with Crippen molar-refractivity contribution in [3.05, 3.63) is 0 Å². The molecule has 0 aromatic heterocycles. The lowest BCUT2D eigenvalue weighted by Crippen LogP contribution is -2.49. The number of aliphatic hydroxyl groups is 1. The predicted octanol–water partition coefficient (Wildman–Crippen LogP) is -1.73. The summed E-state index contributed by atoms with van der Waals surface area (Å²) in [6.45, 7) is 2.20. The van der Waals surface area contributed by atoms with Gasteiger partial charge >= 0.3 is 12.0 Å². The van der Waals surface area contributed by atoms with Gasteiger partial charge in [0.15, 0.2) is 6.10 Å². The average molecular weight is 291 g/mol. The number of urea groups is 1. The summed E-state index contributed by atoms with van der Waals surface area (Å²) in [5.74, 6) is -1.71. The van der Waals surface area contributed by atoms with Gasteiger partial charge in [0.2, 0.25) is 5.91 Å². The van der Waals surface area contributed by atoms with E-state index in [9.17, 15) is 14.4 Å². The Morgan fingerprint density at radius 3 is 2.40 bits per heavy atom. The highest BCUT2D eigenvalue weighted by Crippen LogP contribution is 1.89. The minimum Gasteiger partial charge on any atom is -0.479 e. The van der Waals surface area contributed by atoms with Gasteiger partial charge in [0.05, 0.1) is 6.61 Å². The van der Waals surface area contributed by atoms with Crippen molar-refractivity contribution in [3.8, 4) is 0 Å². The minimum atomic E-state index is -1.52. The standard InChI is InChI=1S/C11H21N3O6/c1-7(9(16)12-5-6-20-2)14-11(19)13-4-3-8(15)10(17)18/h7-8,15H,3-6H2,1-2H3,(H,12,16)(H,17,18)(H2,13,14,19)/t7?,8-/m0/s1. The summed E-state index contributed by atoms with van der Waals surface area (Å²) in [6, 6.07) is -1.35. The Bertz CT molecular complexity index is 336. The van der Waals surface area contributed by atoms with E-state index in [-0.39, 0.29) is 18.9 Å². The van der Waals surface area contributed by atoms with Crippen molar-refractivity contribution in [2.45, 2.75) is 25.5 Å². The van der Waals surface area contributed by atoms with E-state index in [1.165, 1.54) is 14.0 Å². The van der Waals surface area contributed by atoms with Crippen LogP contribution >= 0.6 is 0 Å². The molecule has 0 aliphatic heterocycles. The molecular weight excluding hydrogens is 270 g/mol. The number of methoxy groups -OCH3 is 1. The van der Waals surface area contributed by atoms with Crippen LogP contribution in [0.1, 0.15) is 13.3 Å². The Morgan fingerprint density at radius 1 is 1.20 bits per heavy atom. The van der Waals surface area contributed by atoms with Crippen LogP contribution in [0.5, 0.6) is 0 Å². The van der Waals surface area contributed by atoms with E-state index in [4.69, 9.17) is 14.9 Å². The van der Waals surface area contributed by atoms with Crippen LogP contribution in [0.4, 0.5) is 4.79 Å². The topological polar surface area (TPSA) is 137 Å². The van der Waals surface area contributed by atoms with Gasteiger partial charge in [-0.1, -0.05) is 0 Å². The van der Waals surface area contributed by atoms with Crippen molar-refractivity contribution in [1.82, 2.24) is 16.0 Å². The van der Waals surface area contributed by atoms with Gasteiger partial charge in [0, 0.05) is 26.6 Å². The van der Waals surface area contributed by atoms with Crippen LogP contribution < -0.4 is 16.0 Å². The van der Waals surface area contributed by atoms with Crippen molar-refractivity contribution >= 4 is 17.9 Å². The Morgan fingerprint density at radius 2 is 1.85 bits per heavy atom. The zero-order chi connectivity index (χ0) is 15.5. The number of nitrogens with one attached hydrogen (secondary N) is 3. The number of hydrogen-bond donors (Lipinski definition) is 5. The second kappa shape index (κ2) is 9.98. The summed E-state index contributed by atoms with van der Waals surface area (Å²) in [4.78, 5) is 33.2. The molecule has 0 heterocycles. The van der Waals surface area contributed by atoms with Gasteiger partial charge in [-0.2, -0.15) is 0 Å². The third-order valence-electron chi connectivity index (χ3n) is 2.33. The Kier molecular flexibility index (Phi) is 9.05. The van der Waals surface area contributed by atoms with Crippen LogP contribution in [-0.4, -0.2) is 67.1 Å². The highest BCUT2D eigenvalue weighted by Gasteiger charge is 2.16. The Labute approximate surface area is 116 Å². The first-order valence-electron chi connectivity index (χ1n) is 6.10. The van der Waals surface area contributed by atoms with Crippen molar-refractivity contribution in [1.29, 1.82) is 0 Å². The second-order valence-corrected chi connectivity index (χ2v) is 4.05. The van der Waals surface area contributed by atoms with Gasteiger partial charge in [-0.25, -0.2) is 9.59 Å². The van der Waals surface area contributed by atoms with Gasteiger partial charge in [-0.05, 0) is 6.92 Å². The van der Waals surface area contributed by atoms with Crippen molar-refractivity contribution in [2.24, 2.45) is 0 Å². The molecule has 1 unspecified atom stereocenters. The highest BCUT2D eigenvalue weighted by atomic mass is 16.5. The first-order chi connectivity index (χ1) is 9.38. The summed E-state index contributed by atoms with van der Waals surface area (Å²) < 4.78 is 4.76. The van der Waals surface area contributed by atoms with E-state index in [0.29, 0.717) is 13.2 Å². The number of rotatable bonds is 9. The summed E-state index contributed by atoms with van der Waals surface area (Å²) in [5, 5.41) is 24.7. The van der Waals surface area contributed by atoms with Gasteiger partial charge in [0.1, 0.15) is 6.04 Å². The molecule has 0 aliphatic carbocycles. The lowest BCUT2D eigenvalue weighted by molar-refractivity contribution is -0.146. The fourth-order valence-corrected chi connectivity index (χ4v) is 1.19. The fourth-order valence-electron chi connectivity index (χ4n) is 1.19. The second-order valence-electron chi connectivity index (χ2n) is 4.05. The van der Waals surface area contributed by atoms with Crippen molar-refractivity contribution in [2.75, 3.05) is 26.8 Å². The lowest BCUT2D eigenvalue weighted by Gasteiger charge is -2.15. The highest BCUT2D eigenvalue weighted by molar-refractivity contribution is 5.86. The molecule has 9 nitrogen and oxygen atoms in total. The summed E-state index contributed by atoms with van der Waals surface area (Å²) >= 11 is 0. The molecule has 0 radical (unpaired) electrons. The van der Waals surface area contributed by atoms with E-state index in [1.807, 2.05) is 0 Å². The molecule has 0 aliphatic rings. The third-order valence-corrected chi connectivity index (χ3v) is 2.33. The minimum absolute atomic E-state index is 0.0166. The number of carbonyl (C=O) groups excluding carboxylic acids is 2. The molecule has 0 aromatic rings. The Hall–Kier alpha value is -1.87. The lowest BCUT2D eigenvalue weighted by atomic mass is 10.2. The molecule has 0 aromatic carbocycles. The Balaban J connectivity index is 3.84. The molecule has 0 bridgehead atoms. The number of carbonyl (C=O) groups is 3. The van der Waals surface area contributed by atoms with Crippen LogP contribution in [0.3, 0.4) is 0 Å². The molecule has 116 valence electrons. The maximum absolute atomic E-state index is 11.5. The van der Waals surface area contributed by atoms with Gasteiger partial charge in [-0.15, -0.1) is 0 Å². The van der Waals surface area contributed by atoms with Gasteiger partial charge in [0.25, 0.3) is 0 Å². The molecule has 0 saturated carbocycles. The van der Waals surface area contributed by atoms with E-state index in [2.05, 4.69) is 16.0 Å². The van der Waals surface area contributed by atoms with Crippen LogP contribution in [0.2, 0.25) is 0 Å². The molecule has 5 N–H and O–H groups in total. The van der Waals surface area contributed by atoms with Crippen LogP contribution in [0.15, 0.2) is 0 Å². The van der Waals surface area contributed by atoms with E-state index in [1.54, 1.807) is 0 Å². The zero-order valence-corrected chi connectivity index (χ0v) is 11.5. The van der Waals surface area contributed by atoms with Crippen LogP contribution in [-0.2, 0) is 14.3 Å². The van der Waals surface area contributed by atoms with Gasteiger partial charge < -0.3 is 30.9 Å². The molecule has 0 saturated heterocycles. The maximum atomic E-state index is 11.5. The molecular formula is C11H21N3O6. The first-order valence-corrected chi connectivity index (χ1v) is 6.10. The SMILES string of the molecule is COCCNC(=O)C(C)NC(=O)NCC[C@H](O)C(=O)O. The predicted molar refractivity (Wildman–Crippen MR) is 69.1 cm³/mol. The first kappa shape index (κ1) is 18.1. The number of amides is 3. The average Bonchev–Trinajstić information content (AvgIpc) is 2.38. The van der Waals surface area contributed by atoms with Crippen LogP contribution in [0.25, 0.3) is 0 Å². The summed E-state index contributed by atoms with van der Waals surface area (Å²) in [7, 11) is 1.51. The third kappa shape index (κ3) is 8.27. The van der Waals surface area contributed by atoms with Crippen molar-refractivity contribution < 1.29 is 29.3 Å². The number of carboxylic acid groups (broad SMARTS) is 1. The van der Waals surface area contributed by atoms with E-state index in [0.717, 1.165) is 0 Å². The normalized spacial score (nSPS) is 13.2. The molecule has 2 atom stereocenters. The van der Waals surface area contributed by atoms with Crippen molar-refractivity contribution in [3.63, 3.8) is 0 Å². The van der Waals surface area contributed by atoms with E-state index >= 15 is 0 Å². The number of aliphatic carboxylic acids is 1. The number of aliphatic hydroxyl groups excluding tert-OH is 1. The molecule has 20 heavy (non-hydrogen) atoms. The number of ether oxygens (including phenoxy) is 1. The van der Waals surface area contributed by atoms with Gasteiger partial charge in [-0.3, -0.25) is 4.79 Å². The monoisotopic (exact) mass is 291 g/mol. The molecule has 0 spiro atoms. The number of hydrogen-bond acceptors (Lipinski definition) is 5. The summed E-state index contributed by atoms with van der Waals surface area (Å²) in [5.41, 5.74) is 0. The molecule has 0 rings (SSSR count). The molecule has 9 heteroatoms. The largest absolute Gasteiger partial charge is 0.479 e. The van der Waals surface area contributed by atoms with Crippen LogP contribution in [0, 0.1) is 0 Å². The molecule has 0 fully saturated rings. The number of carboxylic acids is 1. The maximum Gasteiger partial charge on any atom is 0.332 e. The summed E-state index contributed by atoms with van der Waals surface area (Å²) in [6.07, 6.45) is -1.64. The molecule has 3 amide bonds. The smallest absolute Gasteiger partial charge is 0.332 e. The fraction of sp³-hybridized carbons (Fsp3) is 0.727.